The molecule has 2 heterocycles. The second kappa shape index (κ2) is 7.02. The SMILES string of the molecule is O=C(c1nc(Cl)ccc1Cl)N1CCCN(CC(F)(F)F)CC1. The maximum absolute atomic E-state index is 12.4. The second-order valence-electron chi connectivity index (χ2n) is 5.00. The fourth-order valence-corrected chi connectivity index (χ4v) is 2.64. The average molecular weight is 356 g/mol. The molecule has 0 unspecified atom stereocenters. The normalized spacial score (nSPS) is 17.4. The quantitative estimate of drug-likeness (QED) is 0.765. The van der Waals surface area contributed by atoms with Crippen LogP contribution in [0.15, 0.2) is 12.1 Å². The zero-order valence-electron chi connectivity index (χ0n) is 11.5. The van der Waals surface area contributed by atoms with Crippen LogP contribution in [0.4, 0.5) is 13.2 Å². The Kier molecular flexibility index (Phi) is 5.52. The molecule has 0 spiro atoms. The number of carbonyl (C=O) groups is 1. The number of pyridine rings is 1. The summed E-state index contributed by atoms with van der Waals surface area (Å²) in [5.74, 6) is -0.415. The summed E-state index contributed by atoms with van der Waals surface area (Å²) < 4.78 is 37.3. The predicted octanol–water partition coefficient (Wildman–Crippen LogP) is 3.10. The molecule has 1 amide bonds. The highest BCUT2D eigenvalue weighted by Gasteiger charge is 2.32. The molecular weight excluding hydrogens is 342 g/mol. The minimum Gasteiger partial charge on any atom is -0.336 e. The van der Waals surface area contributed by atoms with E-state index in [4.69, 9.17) is 23.2 Å². The molecule has 1 saturated heterocycles. The Bertz CT molecular complexity index is 554. The highest BCUT2D eigenvalue weighted by Crippen LogP contribution is 2.21. The third kappa shape index (κ3) is 4.72. The highest BCUT2D eigenvalue weighted by molar-refractivity contribution is 6.34. The van der Waals surface area contributed by atoms with Gasteiger partial charge in [0.25, 0.3) is 5.91 Å². The molecule has 0 bridgehead atoms. The molecule has 0 radical (unpaired) electrons. The Morgan fingerprint density at radius 3 is 2.59 bits per heavy atom. The molecule has 2 rings (SSSR count). The summed E-state index contributed by atoms with van der Waals surface area (Å²) in [6.45, 7) is 0.0335. The fourth-order valence-electron chi connectivity index (χ4n) is 2.30. The Labute approximate surface area is 135 Å². The monoisotopic (exact) mass is 355 g/mol. The van der Waals surface area contributed by atoms with Gasteiger partial charge in [0.2, 0.25) is 0 Å². The zero-order chi connectivity index (χ0) is 16.3. The van der Waals surface area contributed by atoms with Gasteiger partial charge in [0.05, 0.1) is 11.6 Å². The van der Waals surface area contributed by atoms with Crippen LogP contribution in [0.1, 0.15) is 16.9 Å². The third-order valence-electron chi connectivity index (χ3n) is 3.29. The summed E-state index contributed by atoms with van der Waals surface area (Å²) in [6.07, 6.45) is -3.78. The molecule has 0 N–H and O–H groups in total. The summed E-state index contributed by atoms with van der Waals surface area (Å²) >= 11 is 11.7. The van der Waals surface area contributed by atoms with E-state index in [0.29, 0.717) is 19.5 Å². The van der Waals surface area contributed by atoms with Gasteiger partial charge >= 0.3 is 6.18 Å². The van der Waals surface area contributed by atoms with E-state index >= 15 is 0 Å². The number of nitrogens with zero attached hydrogens (tertiary/aromatic N) is 3. The molecule has 1 aliphatic heterocycles. The van der Waals surface area contributed by atoms with Crippen LogP contribution in [0.2, 0.25) is 10.2 Å². The van der Waals surface area contributed by atoms with E-state index < -0.39 is 18.6 Å². The van der Waals surface area contributed by atoms with Crippen molar-refractivity contribution in [1.82, 2.24) is 14.8 Å². The fraction of sp³-hybridized carbons (Fsp3) is 0.538. The molecule has 122 valence electrons. The first-order valence-corrected chi connectivity index (χ1v) is 7.42. The van der Waals surface area contributed by atoms with Crippen molar-refractivity contribution >= 4 is 29.1 Å². The molecule has 9 heteroatoms. The van der Waals surface area contributed by atoms with Gasteiger partial charge in [-0.05, 0) is 18.6 Å². The molecule has 1 aliphatic rings. The number of alkyl halides is 3. The molecule has 22 heavy (non-hydrogen) atoms. The largest absolute Gasteiger partial charge is 0.401 e. The minimum atomic E-state index is -4.24. The van der Waals surface area contributed by atoms with E-state index in [1.807, 2.05) is 0 Å². The van der Waals surface area contributed by atoms with E-state index in [0.717, 1.165) is 0 Å². The minimum absolute atomic E-state index is 0.0263. The van der Waals surface area contributed by atoms with Gasteiger partial charge in [-0.1, -0.05) is 23.2 Å². The zero-order valence-corrected chi connectivity index (χ0v) is 13.0. The number of hydrogen-bond acceptors (Lipinski definition) is 3. The summed E-state index contributed by atoms with van der Waals surface area (Å²) in [5, 5.41) is 0.312. The Morgan fingerprint density at radius 1 is 1.18 bits per heavy atom. The lowest BCUT2D eigenvalue weighted by Gasteiger charge is -2.22. The van der Waals surface area contributed by atoms with Gasteiger partial charge in [-0.25, -0.2) is 4.98 Å². The van der Waals surface area contributed by atoms with Crippen LogP contribution in [0, 0.1) is 0 Å². The highest BCUT2D eigenvalue weighted by atomic mass is 35.5. The molecule has 0 aliphatic carbocycles. The Balaban J connectivity index is 2.04. The molecule has 1 fully saturated rings. The summed E-state index contributed by atoms with van der Waals surface area (Å²) in [5.41, 5.74) is 0.0263. The van der Waals surface area contributed by atoms with Crippen molar-refractivity contribution in [2.24, 2.45) is 0 Å². The molecule has 4 nitrogen and oxygen atoms in total. The van der Waals surface area contributed by atoms with Gasteiger partial charge in [-0.3, -0.25) is 9.69 Å². The van der Waals surface area contributed by atoms with Gasteiger partial charge in [0.1, 0.15) is 10.8 Å². The van der Waals surface area contributed by atoms with Crippen LogP contribution in [0.25, 0.3) is 0 Å². The van der Waals surface area contributed by atoms with Crippen molar-refractivity contribution in [2.75, 3.05) is 32.7 Å². The number of amides is 1. The third-order valence-corrected chi connectivity index (χ3v) is 3.81. The average Bonchev–Trinajstić information content (AvgIpc) is 2.64. The van der Waals surface area contributed by atoms with Crippen molar-refractivity contribution in [3.8, 4) is 0 Å². The maximum Gasteiger partial charge on any atom is 0.401 e. The number of carbonyl (C=O) groups excluding carboxylic acids is 1. The summed E-state index contributed by atoms with van der Waals surface area (Å²) in [7, 11) is 0. The first kappa shape index (κ1) is 17.3. The van der Waals surface area contributed by atoms with Crippen LogP contribution >= 0.6 is 23.2 Å². The summed E-state index contributed by atoms with van der Waals surface area (Å²) in [6, 6.07) is 2.94. The Morgan fingerprint density at radius 2 is 1.91 bits per heavy atom. The number of rotatable bonds is 2. The lowest BCUT2D eigenvalue weighted by Crippen LogP contribution is -2.38. The van der Waals surface area contributed by atoms with Crippen LogP contribution in [0.5, 0.6) is 0 Å². The lowest BCUT2D eigenvalue weighted by atomic mass is 10.3. The lowest BCUT2D eigenvalue weighted by molar-refractivity contribution is -0.145. The van der Waals surface area contributed by atoms with Crippen molar-refractivity contribution in [2.45, 2.75) is 12.6 Å². The predicted molar refractivity (Wildman–Crippen MR) is 77.3 cm³/mol. The Hall–Kier alpha value is -1.05. The number of aromatic nitrogens is 1. The van der Waals surface area contributed by atoms with Crippen LogP contribution in [-0.2, 0) is 0 Å². The first-order valence-electron chi connectivity index (χ1n) is 6.67. The van der Waals surface area contributed by atoms with Crippen molar-refractivity contribution < 1.29 is 18.0 Å². The van der Waals surface area contributed by atoms with Crippen LogP contribution in [0.3, 0.4) is 0 Å². The van der Waals surface area contributed by atoms with E-state index in [-0.39, 0.29) is 29.0 Å². The molecule has 0 saturated carbocycles. The van der Waals surface area contributed by atoms with Gasteiger partial charge in [0.15, 0.2) is 0 Å². The van der Waals surface area contributed by atoms with E-state index in [2.05, 4.69) is 4.98 Å². The van der Waals surface area contributed by atoms with Gasteiger partial charge in [0, 0.05) is 26.2 Å². The number of hydrogen-bond donors (Lipinski definition) is 0. The van der Waals surface area contributed by atoms with E-state index in [9.17, 15) is 18.0 Å². The molecule has 1 aromatic heterocycles. The van der Waals surface area contributed by atoms with Crippen molar-refractivity contribution in [3.05, 3.63) is 28.0 Å². The van der Waals surface area contributed by atoms with Crippen molar-refractivity contribution in [1.29, 1.82) is 0 Å². The smallest absolute Gasteiger partial charge is 0.336 e. The van der Waals surface area contributed by atoms with E-state index in [1.165, 1.54) is 21.9 Å². The van der Waals surface area contributed by atoms with Crippen LogP contribution in [-0.4, -0.2) is 59.6 Å². The maximum atomic E-state index is 12.4. The van der Waals surface area contributed by atoms with Gasteiger partial charge in [-0.2, -0.15) is 13.2 Å². The standard InChI is InChI=1S/C13H14Cl2F3N3O/c14-9-2-3-10(15)19-11(9)12(22)21-5-1-4-20(6-7-21)8-13(16,17)18/h2-3H,1,4-8H2. The van der Waals surface area contributed by atoms with Gasteiger partial charge < -0.3 is 4.90 Å². The first-order chi connectivity index (χ1) is 10.3. The molecule has 0 aromatic carbocycles. The second-order valence-corrected chi connectivity index (χ2v) is 5.80. The molecular formula is C13H14Cl2F3N3O. The topological polar surface area (TPSA) is 36.4 Å². The summed E-state index contributed by atoms with van der Waals surface area (Å²) in [4.78, 5) is 19.1. The van der Waals surface area contributed by atoms with Crippen molar-refractivity contribution in [3.63, 3.8) is 0 Å². The molecule has 1 aromatic rings. The van der Waals surface area contributed by atoms with E-state index in [1.54, 1.807) is 0 Å². The van der Waals surface area contributed by atoms with Gasteiger partial charge in [-0.15, -0.1) is 0 Å². The number of halogens is 5. The molecule has 0 atom stereocenters. The van der Waals surface area contributed by atoms with Crippen LogP contribution < -0.4 is 0 Å².